The van der Waals surface area contributed by atoms with E-state index in [4.69, 9.17) is 9.05 Å². The highest BCUT2D eigenvalue weighted by Gasteiger charge is 2.13. The molecule has 0 fully saturated rings. The molecular weight excluding hydrogens is 268 g/mol. The third-order valence-electron chi connectivity index (χ3n) is 3.07. The molecule has 6 nitrogen and oxygen atoms in total. The summed E-state index contributed by atoms with van der Waals surface area (Å²) < 4.78 is 10.3. The number of nitrogens with zero attached hydrogens (tertiary/aromatic N) is 4. The average Bonchev–Trinajstić information content (AvgIpc) is 3.10. The second kappa shape index (κ2) is 5.78. The van der Waals surface area contributed by atoms with E-state index in [0.717, 1.165) is 18.0 Å². The second-order valence-electron chi connectivity index (χ2n) is 4.94. The molecule has 0 radical (unpaired) electrons. The van der Waals surface area contributed by atoms with Gasteiger partial charge in [-0.15, -0.1) is 0 Å². The molecule has 0 aliphatic carbocycles. The van der Waals surface area contributed by atoms with E-state index in [9.17, 15) is 0 Å². The Morgan fingerprint density at radius 3 is 2.62 bits per heavy atom. The molecule has 0 aliphatic rings. The van der Waals surface area contributed by atoms with Gasteiger partial charge < -0.3 is 13.9 Å². The smallest absolute Gasteiger partial charge is 0.266 e. The second-order valence-corrected chi connectivity index (χ2v) is 4.94. The van der Waals surface area contributed by atoms with Crippen LogP contribution in [0.1, 0.15) is 22.9 Å². The summed E-state index contributed by atoms with van der Waals surface area (Å²) >= 11 is 0. The summed E-state index contributed by atoms with van der Waals surface area (Å²) in [4.78, 5) is 6.32. The molecule has 3 rings (SSSR count). The van der Waals surface area contributed by atoms with Gasteiger partial charge in [0, 0.05) is 19.7 Å². The summed E-state index contributed by atoms with van der Waals surface area (Å²) in [5.41, 5.74) is 1.98. The lowest BCUT2D eigenvalue weighted by molar-refractivity contribution is 0.371. The molecule has 2 heterocycles. The van der Waals surface area contributed by atoms with Crippen LogP contribution in [0.5, 0.6) is 0 Å². The van der Waals surface area contributed by atoms with Crippen molar-refractivity contribution in [1.82, 2.24) is 15.3 Å². The summed E-state index contributed by atoms with van der Waals surface area (Å²) in [5.74, 6) is 1.86. The predicted octanol–water partition coefficient (Wildman–Crippen LogP) is 2.59. The monoisotopic (exact) mass is 284 g/mol. The number of hydrogen-bond acceptors (Lipinski definition) is 6. The zero-order chi connectivity index (χ0) is 14.7. The first-order valence-electron chi connectivity index (χ1n) is 6.70. The maximum absolute atomic E-state index is 5.25. The molecule has 6 heteroatoms. The van der Waals surface area contributed by atoms with E-state index in [1.54, 1.807) is 0 Å². The standard InChI is InChI=1S/C15H16N4O2/c1-11-8-13(17-20-11)9-14-16-15(18-21-14)19(2)10-12-6-4-3-5-7-12/h3-8H,9-10H2,1-2H3. The molecule has 2 aromatic heterocycles. The SMILES string of the molecule is Cc1cc(Cc2nc(N(C)Cc3ccccc3)no2)no1. The summed E-state index contributed by atoms with van der Waals surface area (Å²) in [5, 5.41) is 7.91. The molecule has 108 valence electrons. The highest BCUT2D eigenvalue weighted by molar-refractivity contribution is 5.29. The van der Waals surface area contributed by atoms with Crippen molar-refractivity contribution >= 4 is 5.95 Å². The van der Waals surface area contributed by atoms with Gasteiger partial charge in [-0.05, 0) is 17.6 Å². The van der Waals surface area contributed by atoms with E-state index in [2.05, 4.69) is 27.4 Å². The van der Waals surface area contributed by atoms with Crippen molar-refractivity contribution in [1.29, 1.82) is 0 Å². The van der Waals surface area contributed by atoms with Crippen LogP contribution in [0.3, 0.4) is 0 Å². The summed E-state index contributed by atoms with van der Waals surface area (Å²) in [6.07, 6.45) is 0.476. The zero-order valence-electron chi connectivity index (χ0n) is 12.0. The van der Waals surface area contributed by atoms with Gasteiger partial charge in [0.05, 0.1) is 12.1 Å². The van der Waals surface area contributed by atoms with Crippen molar-refractivity contribution in [3.05, 3.63) is 59.3 Å². The molecule has 0 aliphatic heterocycles. The van der Waals surface area contributed by atoms with Crippen molar-refractivity contribution in [2.75, 3.05) is 11.9 Å². The van der Waals surface area contributed by atoms with Crippen LogP contribution in [0.15, 0.2) is 45.4 Å². The van der Waals surface area contributed by atoms with Crippen molar-refractivity contribution in [2.45, 2.75) is 19.9 Å². The van der Waals surface area contributed by atoms with Crippen LogP contribution in [0.2, 0.25) is 0 Å². The van der Waals surface area contributed by atoms with Gasteiger partial charge in [-0.3, -0.25) is 0 Å². The first-order valence-corrected chi connectivity index (χ1v) is 6.70. The molecular formula is C15H16N4O2. The van der Waals surface area contributed by atoms with E-state index in [1.165, 1.54) is 5.56 Å². The Labute approximate surface area is 122 Å². The third-order valence-corrected chi connectivity index (χ3v) is 3.07. The van der Waals surface area contributed by atoms with E-state index < -0.39 is 0 Å². The molecule has 0 atom stereocenters. The Kier molecular flexibility index (Phi) is 3.68. The topological polar surface area (TPSA) is 68.2 Å². The fraction of sp³-hybridized carbons (Fsp3) is 0.267. The van der Waals surface area contributed by atoms with E-state index in [0.29, 0.717) is 18.3 Å². The van der Waals surface area contributed by atoms with Gasteiger partial charge in [0.2, 0.25) is 5.89 Å². The fourth-order valence-electron chi connectivity index (χ4n) is 2.06. The molecule has 3 aromatic rings. The lowest BCUT2D eigenvalue weighted by Crippen LogP contribution is -2.17. The minimum atomic E-state index is 0.476. The van der Waals surface area contributed by atoms with Gasteiger partial charge in [-0.2, -0.15) is 4.98 Å². The number of rotatable bonds is 5. The molecule has 21 heavy (non-hydrogen) atoms. The largest absolute Gasteiger partial charge is 0.361 e. The molecule has 0 N–H and O–H groups in total. The van der Waals surface area contributed by atoms with Crippen LogP contribution in [-0.2, 0) is 13.0 Å². The zero-order valence-corrected chi connectivity index (χ0v) is 12.0. The van der Waals surface area contributed by atoms with Gasteiger partial charge >= 0.3 is 0 Å². The van der Waals surface area contributed by atoms with Crippen molar-refractivity contribution in [2.24, 2.45) is 0 Å². The van der Waals surface area contributed by atoms with E-state index in [-0.39, 0.29) is 0 Å². The molecule has 0 spiro atoms. The van der Waals surface area contributed by atoms with Crippen LogP contribution in [0, 0.1) is 6.92 Å². The highest BCUT2D eigenvalue weighted by Crippen LogP contribution is 2.14. The van der Waals surface area contributed by atoms with Gasteiger partial charge in [-0.1, -0.05) is 35.5 Å². The van der Waals surface area contributed by atoms with Crippen molar-refractivity contribution in [3.8, 4) is 0 Å². The fourth-order valence-corrected chi connectivity index (χ4v) is 2.06. The number of anilines is 1. The van der Waals surface area contributed by atoms with Gasteiger partial charge in [0.25, 0.3) is 5.95 Å². The number of aryl methyl sites for hydroxylation is 1. The third kappa shape index (κ3) is 3.28. The minimum Gasteiger partial charge on any atom is -0.361 e. The van der Waals surface area contributed by atoms with Crippen LogP contribution in [0.25, 0.3) is 0 Å². The highest BCUT2D eigenvalue weighted by atomic mass is 16.5. The molecule has 0 amide bonds. The summed E-state index contributed by atoms with van der Waals surface area (Å²) in [7, 11) is 1.93. The maximum Gasteiger partial charge on any atom is 0.266 e. The molecule has 1 aromatic carbocycles. The average molecular weight is 284 g/mol. The Hall–Kier alpha value is -2.63. The number of aromatic nitrogens is 3. The Morgan fingerprint density at radius 2 is 1.90 bits per heavy atom. The summed E-state index contributed by atoms with van der Waals surface area (Å²) in [6, 6.07) is 12.0. The van der Waals surface area contributed by atoms with E-state index in [1.807, 2.05) is 43.1 Å². The quantitative estimate of drug-likeness (QED) is 0.717. The lowest BCUT2D eigenvalue weighted by Gasteiger charge is -2.13. The number of hydrogen-bond donors (Lipinski definition) is 0. The number of benzene rings is 1. The lowest BCUT2D eigenvalue weighted by atomic mass is 10.2. The Balaban J connectivity index is 1.66. The predicted molar refractivity (Wildman–Crippen MR) is 76.9 cm³/mol. The van der Waals surface area contributed by atoms with Gasteiger partial charge in [0.15, 0.2) is 0 Å². The van der Waals surface area contributed by atoms with Crippen molar-refractivity contribution < 1.29 is 9.05 Å². The molecule has 0 unspecified atom stereocenters. The van der Waals surface area contributed by atoms with Crippen molar-refractivity contribution in [3.63, 3.8) is 0 Å². The van der Waals surface area contributed by atoms with Crippen LogP contribution in [0.4, 0.5) is 5.95 Å². The molecule has 0 saturated carbocycles. The minimum absolute atomic E-state index is 0.476. The Morgan fingerprint density at radius 1 is 1.10 bits per heavy atom. The maximum atomic E-state index is 5.25. The van der Waals surface area contributed by atoms with Gasteiger partial charge in [0.1, 0.15) is 5.76 Å². The normalized spacial score (nSPS) is 10.8. The molecule has 0 saturated heterocycles. The summed E-state index contributed by atoms with van der Waals surface area (Å²) in [6.45, 7) is 2.58. The molecule has 0 bridgehead atoms. The van der Waals surface area contributed by atoms with E-state index >= 15 is 0 Å². The first kappa shape index (κ1) is 13.4. The van der Waals surface area contributed by atoms with Crippen LogP contribution < -0.4 is 4.90 Å². The van der Waals surface area contributed by atoms with Gasteiger partial charge in [-0.25, -0.2) is 0 Å². The van der Waals surface area contributed by atoms with Crippen LogP contribution in [-0.4, -0.2) is 22.3 Å². The van der Waals surface area contributed by atoms with Crippen LogP contribution >= 0.6 is 0 Å². The first-order chi connectivity index (χ1) is 10.2. The Bertz CT molecular complexity index is 705.